The summed E-state index contributed by atoms with van der Waals surface area (Å²) in [6, 6.07) is 8.18. The highest BCUT2D eigenvalue weighted by Gasteiger charge is 2.23. The molecule has 1 aromatic carbocycles. The number of hydrogen-bond acceptors (Lipinski definition) is 7. The molecule has 3 heterocycles. The fourth-order valence-corrected chi connectivity index (χ4v) is 3.88. The van der Waals surface area contributed by atoms with E-state index in [-0.39, 0.29) is 5.91 Å². The first kappa shape index (κ1) is 21.2. The van der Waals surface area contributed by atoms with Crippen LogP contribution in [0.1, 0.15) is 32.3 Å². The highest BCUT2D eigenvalue weighted by Crippen LogP contribution is 2.21. The minimum Gasteiger partial charge on any atom is -0.352 e. The van der Waals surface area contributed by atoms with Crippen LogP contribution in [0.25, 0.3) is 11.2 Å². The van der Waals surface area contributed by atoms with Gasteiger partial charge in [0, 0.05) is 38.4 Å². The molecule has 0 saturated carbocycles. The Balaban J connectivity index is 1.29. The van der Waals surface area contributed by atoms with E-state index >= 15 is 0 Å². The molecule has 0 aliphatic carbocycles. The van der Waals surface area contributed by atoms with Crippen molar-refractivity contribution in [1.82, 2.24) is 29.9 Å². The summed E-state index contributed by atoms with van der Waals surface area (Å²) in [6.07, 6.45) is 5.03. The number of piperazine rings is 1. The summed E-state index contributed by atoms with van der Waals surface area (Å²) in [4.78, 5) is 25.6. The number of aryl methyl sites for hydroxylation is 2. The smallest absolute Gasteiger partial charge is 0.238 e. The molecule has 9 heteroatoms. The third-order valence-corrected chi connectivity index (χ3v) is 5.68. The van der Waals surface area contributed by atoms with Crippen molar-refractivity contribution in [2.75, 3.05) is 42.9 Å². The normalized spacial score (nSPS) is 14.8. The number of aromatic nitrogens is 5. The molecule has 3 aromatic rings. The topological polar surface area (TPSA) is 92.1 Å². The van der Waals surface area contributed by atoms with Gasteiger partial charge in [0.25, 0.3) is 0 Å². The number of benzene rings is 1. The van der Waals surface area contributed by atoms with Crippen LogP contribution in [0, 0.1) is 0 Å². The number of unbranched alkanes of at least 4 members (excludes halogenated alkanes) is 1. The third kappa shape index (κ3) is 4.99. The maximum absolute atomic E-state index is 12.5. The van der Waals surface area contributed by atoms with Gasteiger partial charge in [-0.2, -0.15) is 0 Å². The quantitative estimate of drug-likeness (QED) is 0.596. The van der Waals surface area contributed by atoms with E-state index < -0.39 is 0 Å². The summed E-state index contributed by atoms with van der Waals surface area (Å²) in [5, 5.41) is 11.4. The number of carbonyl (C=O) groups excluding carboxylic acids is 1. The van der Waals surface area contributed by atoms with Crippen molar-refractivity contribution in [1.29, 1.82) is 0 Å². The van der Waals surface area contributed by atoms with Crippen molar-refractivity contribution < 1.29 is 4.79 Å². The summed E-state index contributed by atoms with van der Waals surface area (Å²) in [6.45, 7) is 8.45. The monoisotopic (exact) mass is 422 g/mol. The number of hydrogen-bond donors (Lipinski definition) is 1. The van der Waals surface area contributed by atoms with Gasteiger partial charge in [0.1, 0.15) is 6.33 Å². The van der Waals surface area contributed by atoms with E-state index in [9.17, 15) is 4.79 Å². The van der Waals surface area contributed by atoms with Crippen LogP contribution in [-0.4, -0.2) is 68.5 Å². The van der Waals surface area contributed by atoms with Crippen molar-refractivity contribution in [2.45, 2.75) is 39.7 Å². The van der Waals surface area contributed by atoms with Gasteiger partial charge < -0.3 is 10.2 Å². The van der Waals surface area contributed by atoms with Gasteiger partial charge in [0.2, 0.25) is 5.91 Å². The molecule has 31 heavy (non-hydrogen) atoms. The number of amides is 1. The zero-order chi connectivity index (χ0) is 21.6. The Bertz CT molecular complexity index is 1010. The van der Waals surface area contributed by atoms with Crippen LogP contribution >= 0.6 is 0 Å². The molecule has 0 atom stereocenters. The Hall–Kier alpha value is -3.07. The molecule has 1 aliphatic rings. The second-order valence-electron chi connectivity index (χ2n) is 7.89. The van der Waals surface area contributed by atoms with Crippen molar-refractivity contribution in [2.24, 2.45) is 0 Å². The molecule has 9 nitrogen and oxygen atoms in total. The lowest BCUT2D eigenvalue weighted by atomic mass is 10.1. The zero-order valence-corrected chi connectivity index (χ0v) is 18.3. The van der Waals surface area contributed by atoms with Gasteiger partial charge in [0.05, 0.1) is 6.54 Å². The molecule has 2 aromatic heterocycles. The van der Waals surface area contributed by atoms with Gasteiger partial charge in [0.15, 0.2) is 17.0 Å². The minimum absolute atomic E-state index is 0.0186. The molecule has 1 fully saturated rings. The predicted molar refractivity (Wildman–Crippen MR) is 121 cm³/mol. The lowest BCUT2D eigenvalue weighted by molar-refractivity contribution is -0.117. The molecule has 1 aliphatic heterocycles. The fraction of sp³-hybridized carbons (Fsp3) is 0.500. The average molecular weight is 423 g/mol. The van der Waals surface area contributed by atoms with Crippen LogP contribution in [0.5, 0.6) is 0 Å². The molecule has 0 bridgehead atoms. The van der Waals surface area contributed by atoms with E-state index in [0.717, 1.165) is 61.8 Å². The minimum atomic E-state index is 0.0186. The van der Waals surface area contributed by atoms with Crippen molar-refractivity contribution in [3.63, 3.8) is 0 Å². The van der Waals surface area contributed by atoms with Crippen LogP contribution in [-0.2, 0) is 17.8 Å². The van der Waals surface area contributed by atoms with E-state index in [1.165, 1.54) is 18.4 Å². The molecule has 4 rings (SSSR count). The molecule has 1 N–H and O–H groups in total. The van der Waals surface area contributed by atoms with Crippen LogP contribution in [0.3, 0.4) is 0 Å². The third-order valence-electron chi connectivity index (χ3n) is 5.68. The van der Waals surface area contributed by atoms with Gasteiger partial charge in [-0.05, 0) is 37.5 Å². The van der Waals surface area contributed by atoms with Gasteiger partial charge >= 0.3 is 0 Å². The Morgan fingerprint density at radius 1 is 1.06 bits per heavy atom. The highest BCUT2D eigenvalue weighted by molar-refractivity contribution is 5.92. The lowest BCUT2D eigenvalue weighted by Gasteiger charge is -2.34. The summed E-state index contributed by atoms with van der Waals surface area (Å²) >= 11 is 0. The second-order valence-corrected chi connectivity index (χ2v) is 7.89. The summed E-state index contributed by atoms with van der Waals surface area (Å²) in [7, 11) is 0. The Kier molecular flexibility index (Phi) is 6.71. The first-order chi connectivity index (χ1) is 15.2. The van der Waals surface area contributed by atoms with Crippen molar-refractivity contribution in [3.8, 4) is 0 Å². The van der Waals surface area contributed by atoms with E-state index in [0.29, 0.717) is 6.54 Å². The Morgan fingerprint density at radius 3 is 2.55 bits per heavy atom. The Morgan fingerprint density at radius 2 is 1.84 bits per heavy atom. The Labute approximate surface area is 182 Å². The maximum Gasteiger partial charge on any atom is 0.238 e. The van der Waals surface area contributed by atoms with Crippen molar-refractivity contribution in [3.05, 3.63) is 36.2 Å². The first-order valence-corrected chi connectivity index (χ1v) is 11.1. The second kappa shape index (κ2) is 9.82. The number of nitrogens with zero attached hydrogens (tertiary/aromatic N) is 7. The summed E-state index contributed by atoms with van der Waals surface area (Å²) in [5.74, 6) is 0.835. The number of carbonyl (C=O) groups is 1. The molecule has 1 saturated heterocycles. The number of nitrogens with one attached hydrogen (secondary N) is 1. The molecular weight excluding hydrogens is 392 g/mol. The molecular formula is C22H30N8O. The summed E-state index contributed by atoms with van der Waals surface area (Å²) in [5.41, 5.74) is 3.66. The van der Waals surface area contributed by atoms with Crippen LogP contribution < -0.4 is 10.2 Å². The largest absolute Gasteiger partial charge is 0.352 e. The molecule has 0 radical (unpaired) electrons. The fourth-order valence-electron chi connectivity index (χ4n) is 3.88. The van der Waals surface area contributed by atoms with Gasteiger partial charge in [-0.25, -0.2) is 14.6 Å². The predicted octanol–water partition coefficient (Wildman–Crippen LogP) is 2.34. The first-order valence-electron chi connectivity index (χ1n) is 11.1. The van der Waals surface area contributed by atoms with Crippen molar-refractivity contribution >= 4 is 28.6 Å². The van der Waals surface area contributed by atoms with Gasteiger partial charge in [-0.3, -0.25) is 9.69 Å². The molecule has 0 spiro atoms. The van der Waals surface area contributed by atoms with E-state index in [2.05, 4.69) is 54.5 Å². The lowest BCUT2D eigenvalue weighted by Crippen LogP contribution is -2.49. The van der Waals surface area contributed by atoms with Gasteiger partial charge in [-0.1, -0.05) is 30.7 Å². The number of rotatable bonds is 8. The van der Waals surface area contributed by atoms with Gasteiger partial charge in [-0.15, -0.1) is 5.10 Å². The zero-order valence-electron chi connectivity index (χ0n) is 18.3. The van der Waals surface area contributed by atoms with Crippen LogP contribution in [0.2, 0.25) is 0 Å². The standard InChI is InChI=1S/C22H30N8O/c1-3-5-6-17-7-9-18(10-8-17)25-19(31)15-28-11-13-29(14-12-28)21-20-22(24-16-23-21)30(4-2)27-26-20/h7-10,16H,3-6,11-15H2,1-2H3,(H,25,31). The molecule has 1 amide bonds. The average Bonchev–Trinajstić information content (AvgIpc) is 3.22. The number of fused-ring (bicyclic) bond motifs is 1. The SMILES string of the molecule is CCCCc1ccc(NC(=O)CN2CCN(c3ncnc4c3nnn4CC)CC2)cc1. The maximum atomic E-state index is 12.5. The van der Waals surface area contributed by atoms with E-state index in [1.54, 1.807) is 11.0 Å². The van der Waals surface area contributed by atoms with E-state index in [1.807, 2.05) is 19.1 Å². The highest BCUT2D eigenvalue weighted by atomic mass is 16.2. The van der Waals surface area contributed by atoms with Crippen LogP contribution in [0.15, 0.2) is 30.6 Å². The van der Waals surface area contributed by atoms with Crippen LogP contribution in [0.4, 0.5) is 11.5 Å². The molecule has 164 valence electrons. The molecule has 0 unspecified atom stereocenters. The van der Waals surface area contributed by atoms with E-state index in [4.69, 9.17) is 0 Å². The number of anilines is 2. The summed E-state index contributed by atoms with van der Waals surface area (Å²) < 4.78 is 1.78.